The van der Waals surface area contributed by atoms with Gasteiger partial charge in [0.05, 0.1) is 10.7 Å². The summed E-state index contributed by atoms with van der Waals surface area (Å²) in [5.74, 6) is -1.79. The molecule has 0 bridgehead atoms. The van der Waals surface area contributed by atoms with Gasteiger partial charge in [0.1, 0.15) is 6.04 Å². The molecule has 1 aromatic carbocycles. The van der Waals surface area contributed by atoms with Crippen molar-refractivity contribution in [3.8, 4) is 0 Å². The summed E-state index contributed by atoms with van der Waals surface area (Å²) in [6.07, 6.45) is -0.0657. The lowest BCUT2D eigenvalue weighted by Gasteiger charge is -2.13. The molecule has 0 unspecified atom stereocenters. The molecule has 98 valence electrons. The molecular formula is C11H13ClN2O4. The molecular weight excluding hydrogens is 260 g/mol. The number of benzene rings is 1. The molecule has 0 aliphatic rings. The van der Waals surface area contributed by atoms with Gasteiger partial charge in [-0.3, -0.25) is 4.79 Å². The van der Waals surface area contributed by atoms with Crippen LogP contribution in [0, 0.1) is 0 Å². The first-order valence-electron chi connectivity index (χ1n) is 5.15. The Bertz CT molecular complexity index is 464. The van der Waals surface area contributed by atoms with Gasteiger partial charge >= 0.3 is 5.97 Å². The Morgan fingerprint density at radius 1 is 1.44 bits per heavy atom. The van der Waals surface area contributed by atoms with Crippen molar-refractivity contribution in [1.29, 1.82) is 0 Å². The lowest BCUT2D eigenvalue weighted by molar-refractivity contribution is -0.139. The average molecular weight is 273 g/mol. The smallest absolute Gasteiger partial charge is 0.326 e. The molecule has 0 aliphatic heterocycles. The van der Waals surface area contributed by atoms with Gasteiger partial charge in [-0.1, -0.05) is 11.6 Å². The van der Waals surface area contributed by atoms with Crippen LogP contribution in [0.4, 0.5) is 5.69 Å². The van der Waals surface area contributed by atoms with Crippen molar-refractivity contribution in [2.75, 3.05) is 12.3 Å². The molecule has 1 aromatic rings. The largest absolute Gasteiger partial charge is 0.480 e. The van der Waals surface area contributed by atoms with Gasteiger partial charge in [-0.15, -0.1) is 0 Å². The van der Waals surface area contributed by atoms with Crippen molar-refractivity contribution in [2.24, 2.45) is 0 Å². The van der Waals surface area contributed by atoms with Gasteiger partial charge in [0, 0.05) is 18.6 Å². The Morgan fingerprint density at radius 2 is 2.11 bits per heavy atom. The number of nitrogen functional groups attached to an aromatic ring is 1. The fourth-order valence-corrected chi connectivity index (χ4v) is 1.48. The highest BCUT2D eigenvalue weighted by Gasteiger charge is 2.20. The minimum Gasteiger partial charge on any atom is -0.480 e. The van der Waals surface area contributed by atoms with E-state index in [9.17, 15) is 9.59 Å². The summed E-state index contributed by atoms with van der Waals surface area (Å²) >= 11 is 5.76. The second-order valence-electron chi connectivity index (χ2n) is 3.61. The number of aliphatic hydroxyl groups is 1. The molecule has 18 heavy (non-hydrogen) atoms. The number of carbonyl (C=O) groups is 2. The number of halogens is 1. The number of anilines is 1. The van der Waals surface area contributed by atoms with E-state index in [1.165, 1.54) is 18.2 Å². The first-order chi connectivity index (χ1) is 8.45. The molecule has 0 radical (unpaired) electrons. The number of nitrogens with two attached hydrogens (primary N) is 1. The van der Waals surface area contributed by atoms with Crippen molar-refractivity contribution < 1.29 is 19.8 Å². The maximum absolute atomic E-state index is 11.7. The monoisotopic (exact) mass is 272 g/mol. The minimum atomic E-state index is -1.21. The summed E-state index contributed by atoms with van der Waals surface area (Å²) in [6, 6.07) is 3.11. The van der Waals surface area contributed by atoms with Crippen LogP contribution in [0.1, 0.15) is 16.8 Å². The van der Waals surface area contributed by atoms with Crippen molar-refractivity contribution in [3.63, 3.8) is 0 Å². The second kappa shape index (κ2) is 6.23. The van der Waals surface area contributed by atoms with E-state index in [2.05, 4.69) is 5.32 Å². The summed E-state index contributed by atoms with van der Waals surface area (Å²) < 4.78 is 0. The van der Waals surface area contributed by atoms with Crippen LogP contribution in [-0.2, 0) is 4.79 Å². The SMILES string of the molecule is Nc1ccc(C(=O)N[C@@H](CCO)C(=O)O)cc1Cl. The average Bonchev–Trinajstić information content (AvgIpc) is 2.31. The zero-order valence-corrected chi connectivity index (χ0v) is 10.1. The van der Waals surface area contributed by atoms with Crippen LogP contribution in [0.3, 0.4) is 0 Å². The van der Waals surface area contributed by atoms with Crippen LogP contribution in [-0.4, -0.2) is 34.7 Å². The Labute approximate surface area is 108 Å². The molecule has 1 atom stereocenters. The minimum absolute atomic E-state index is 0.0657. The van der Waals surface area contributed by atoms with E-state index in [1.54, 1.807) is 0 Å². The number of carboxylic acid groups (broad SMARTS) is 1. The van der Waals surface area contributed by atoms with E-state index < -0.39 is 17.9 Å². The topological polar surface area (TPSA) is 113 Å². The van der Waals surface area contributed by atoms with Gasteiger partial charge in [-0.05, 0) is 18.2 Å². The molecule has 0 aromatic heterocycles. The molecule has 7 heteroatoms. The van der Waals surface area contributed by atoms with E-state index >= 15 is 0 Å². The lowest BCUT2D eigenvalue weighted by Crippen LogP contribution is -2.41. The molecule has 1 amide bonds. The van der Waals surface area contributed by atoms with Crippen LogP contribution < -0.4 is 11.1 Å². The maximum atomic E-state index is 11.7. The first kappa shape index (κ1) is 14.3. The number of rotatable bonds is 5. The van der Waals surface area contributed by atoms with Gasteiger partial charge in [0.15, 0.2) is 0 Å². The highest BCUT2D eigenvalue weighted by atomic mass is 35.5. The fraction of sp³-hybridized carbons (Fsp3) is 0.273. The molecule has 5 N–H and O–H groups in total. The van der Waals surface area contributed by atoms with Gasteiger partial charge in [0.2, 0.25) is 0 Å². The van der Waals surface area contributed by atoms with Crippen molar-refractivity contribution in [3.05, 3.63) is 28.8 Å². The maximum Gasteiger partial charge on any atom is 0.326 e. The molecule has 0 saturated carbocycles. The molecule has 0 aliphatic carbocycles. The predicted octanol–water partition coefficient (Wildman–Crippen LogP) is 0.488. The van der Waals surface area contributed by atoms with Crippen LogP contribution in [0.5, 0.6) is 0 Å². The molecule has 0 saturated heterocycles. The molecule has 6 nitrogen and oxygen atoms in total. The first-order valence-corrected chi connectivity index (χ1v) is 5.53. The third-order valence-electron chi connectivity index (χ3n) is 2.28. The number of hydrogen-bond donors (Lipinski definition) is 4. The Balaban J connectivity index is 2.80. The number of aliphatic hydroxyl groups excluding tert-OH is 1. The molecule has 1 rings (SSSR count). The number of carboxylic acids is 1. The van der Waals surface area contributed by atoms with E-state index in [0.717, 1.165) is 0 Å². The van der Waals surface area contributed by atoms with Crippen LogP contribution in [0.2, 0.25) is 5.02 Å². The quantitative estimate of drug-likeness (QED) is 0.583. The zero-order chi connectivity index (χ0) is 13.7. The number of hydrogen-bond acceptors (Lipinski definition) is 4. The van der Waals surface area contributed by atoms with E-state index in [0.29, 0.717) is 5.69 Å². The van der Waals surface area contributed by atoms with Crippen molar-refractivity contribution >= 4 is 29.2 Å². The zero-order valence-electron chi connectivity index (χ0n) is 9.39. The molecule has 0 heterocycles. The predicted molar refractivity (Wildman–Crippen MR) is 66.5 cm³/mol. The van der Waals surface area contributed by atoms with Crippen LogP contribution in [0.25, 0.3) is 0 Å². The van der Waals surface area contributed by atoms with Gasteiger partial charge in [-0.2, -0.15) is 0 Å². The van der Waals surface area contributed by atoms with Gasteiger partial charge in [0.25, 0.3) is 5.91 Å². The number of aliphatic carboxylic acids is 1. The van der Waals surface area contributed by atoms with Gasteiger partial charge < -0.3 is 21.3 Å². The van der Waals surface area contributed by atoms with E-state index in [-0.39, 0.29) is 23.6 Å². The van der Waals surface area contributed by atoms with Crippen LogP contribution >= 0.6 is 11.6 Å². The molecule has 0 spiro atoms. The summed E-state index contributed by atoms with van der Waals surface area (Å²) in [6.45, 7) is -0.334. The normalized spacial score (nSPS) is 11.9. The number of nitrogens with one attached hydrogen (secondary N) is 1. The highest BCUT2D eigenvalue weighted by Crippen LogP contribution is 2.19. The van der Waals surface area contributed by atoms with Gasteiger partial charge in [-0.25, -0.2) is 4.79 Å². The third kappa shape index (κ3) is 3.61. The number of amides is 1. The van der Waals surface area contributed by atoms with Crippen molar-refractivity contribution in [2.45, 2.75) is 12.5 Å². The summed E-state index contributed by atoms with van der Waals surface area (Å²) in [5, 5.41) is 20.0. The Morgan fingerprint density at radius 3 is 2.61 bits per heavy atom. The Hall–Kier alpha value is -1.79. The summed E-state index contributed by atoms with van der Waals surface area (Å²) in [4.78, 5) is 22.5. The van der Waals surface area contributed by atoms with Crippen LogP contribution in [0.15, 0.2) is 18.2 Å². The lowest BCUT2D eigenvalue weighted by atomic mass is 10.1. The standard InChI is InChI=1S/C11H13ClN2O4/c12-7-5-6(1-2-8(7)13)10(16)14-9(3-4-15)11(17)18/h1-2,5,9,15H,3-4,13H2,(H,14,16)(H,17,18)/t9-/m0/s1. The second-order valence-corrected chi connectivity index (χ2v) is 4.02. The highest BCUT2D eigenvalue weighted by molar-refractivity contribution is 6.33. The summed E-state index contributed by atoms with van der Waals surface area (Å²) in [7, 11) is 0. The van der Waals surface area contributed by atoms with E-state index in [4.69, 9.17) is 27.5 Å². The fourth-order valence-electron chi connectivity index (χ4n) is 1.30. The van der Waals surface area contributed by atoms with Crippen molar-refractivity contribution in [1.82, 2.24) is 5.32 Å². The summed E-state index contributed by atoms with van der Waals surface area (Å²) in [5.41, 5.74) is 6.03. The van der Waals surface area contributed by atoms with E-state index in [1.807, 2.05) is 0 Å². The Kier molecular flexibility index (Phi) is 4.94. The number of carbonyl (C=O) groups excluding carboxylic acids is 1. The third-order valence-corrected chi connectivity index (χ3v) is 2.61. The molecule has 0 fully saturated rings.